The van der Waals surface area contributed by atoms with Gasteiger partial charge in [0.15, 0.2) is 0 Å². The Morgan fingerprint density at radius 3 is 2.48 bits per heavy atom. The maximum absolute atomic E-state index is 13.3. The molecule has 1 amide bonds. The highest BCUT2D eigenvalue weighted by Gasteiger charge is 2.28. The number of piperidine rings is 1. The summed E-state index contributed by atoms with van der Waals surface area (Å²) in [6.45, 7) is 9.79. The van der Waals surface area contributed by atoms with Crippen LogP contribution in [0.5, 0.6) is 0 Å². The number of likely N-dealkylation sites (tertiary alicyclic amines) is 1. The van der Waals surface area contributed by atoms with Crippen LogP contribution in [-0.4, -0.2) is 86.6 Å². The summed E-state index contributed by atoms with van der Waals surface area (Å²) in [6, 6.07) is 8.24. The van der Waals surface area contributed by atoms with E-state index in [1.54, 1.807) is 0 Å². The molecule has 0 saturated carbocycles. The van der Waals surface area contributed by atoms with Gasteiger partial charge in [-0.15, -0.1) is 0 Å². The maximum Gasteiger partial charge on any atom is 0.255 e. The van der Waals surface area contributed by atoms with Gasteiger partial charge in [0, 0.05) is 64.6 Å². The Bertz CT molecular complexity index is 635. The van der Waals surface area contributed by atoms with Gasteiger partial charge in [-0.3, -0.25) is 4.79 Å². The molecule has 1 aromatic rings. The zero-order chi connectivity index (χ0) is 18.6. The summed E-state index contributed by atoms with van der Waals surface area (Å²) in [5, 5.41) is 0. The first-order valence-corrected chi connectivity index (χ1v) is 10.7. The number of nitrogens with zero attached hydrogens (tertiary/aromatic N) is 4. The Morgan fingerprint density at radius 2 is 1.70 bits per heavy atom. The summed E-state index contributed by atoms with van der Waals surface area (Å²) < 4.78 is 0. The van der Waals surface area contributed by atoms with Crippen LogP contribution >= 0.6 is 0 Å². The normalized spacial score (nSPS) is 25.1. The van der Waals surface area contributed by atoms with Crippen LogP contribution in [0.2, 0.25) is 0 Å². The van der Waals surface area contributed by atoms with Gasteiger partial charge in [-0.1, -0.05) is 12.1 Å². The standard InChI is InChI=1S/C22H34N4O/c1-23-13-15-24(16-14-23)17-19-7-6-12-26(18-19)22(27)20-8-2-3-9-21(20)25-10-4-5-11-25/h2-3,8-9,19H,4-7,10-18H2,1H3. The van der Waals surface area contributed by atoms with Crippen LogP contribution in [0.1, 0.15) is 36.0 Å². The number of hydrogen-bond acceptors (Lipinski definition) is 4. The summed E-state index contributed by atoms with van der Waals surface area (Å²) in [6.07, 6.45) is 4.86. The fraction of sp³-hybridized carbons (Fsp3) is 0.682. The van der Waals surface area contributed by atoms with Crippen molar-refractivity contribution >= 4 is 11.6 Å². The third kappa shape index (κ3) is 4.46. The number of carbonyl (C=O) groups excluding carboxylic acids is 1. The van der Waals surface area contributed by atoms with Crippen LogP contribution in [0.15, 0.2) is 24.3 Å². The van der Waals surface area contributed by atoms with Gasteiger partial charge in [-0.25, -0.2) is 0 Å². The molecule has 1 unspecified atom stereocenters. The van der Waals surface area contributed by atoms with Crippen LogP contribution in [0.3, 0.4) is 0 Å². The minimum absolute atomic E-state index is 0.237. The number of hydrogen-bond donors (Lipinski definition) is 0. The Balaban J connectivity index is 1.40. The van der Waals surface area contributed by atoms with Gasteiger partial charge in [0.2, 0.25) is 0 Å². The molecule has 5 nitrogen and oxygen atoms in total. The van der Waals surface area contributed by atoms with Crippen molar-refractivity contribution in [3.63, 3.8) is 0 Å². The highest BCUT2D eigenvalue weighted by Crippen LogP contribution is 2.27. The van der Waals surface area contributed by atoms with E-state index in [1.807, 2.05) is 12.1 Å². The Morgan fingerprint density at radius 1 is 0.963 bits per heavy atom. The largest absolute Gasteiger partial charge is 0.371 e. The van der Waals surface area contributed by atoms with E-state index >= 15 is 0 Å². The number of carbonyl (C=O) groups is 1. The number of benzene rings is 1. The predicted octanol–water partition coefficient (Wildman–Crippen LogP) is 2.39. The minimum Gasteiger partial charge on any atom is -0.371 e. The molecule has 0 aromatic heterocycles. The lowest BCUT2D eigenvalue weighted by Gasteiger charge is -2.38. The van der Waals surface area contributed by atoms with Crippen LogP contribution in [0, 0.1) is 5.92 Å². The number of para-hydroxylation sites is 1. The molecule has 3 fully saturated rings. The molecule has 3 aliphatic rings. The molecule has 0 radical (unpaired) electrons. The van der Waals surface area contributed by atoms with Gasteiger partial charge in [0.05, 0.1) is 5.56 Å². The molecule has 0 N–H and O–H groups in total. The second-order valence-corrected chi connectivity index (χ2v) is 8.57. The van der Waals surface area contributed by atoms with E-state index in [0.29, 0.717) is 5.92 Å². The molecule has 1 aromatic carbocycles. The van der Waals surface area contributed by atoms with E-state index in [1.165, 1.54) is 45.4 Å². The molecular formula is C22H34N4O. The summed E-state index contributed by atoms with van der Waals surface area (Å²) in [5.41, 5.74) is 2.04. The highest BCUT2D eigenvalue weighted by molar-refractivity contribution is 6.00. The highest BCUT2D eigenvalue weighted by atomic mass is 16.2. The predicted molar refractivity (Wildman–Crippen MR) is 110 cm³/mol. The fourth-order valence-corrected chi connectivity index (χ4v) is 4.85. The molecule has 1 atom stereocenters. The summed E-state index contributed by atoms with van der Waals surface area (Å²) in [7, 11) is 2.20. The average Bonchev–Trinajstić information content (AvgIpc) is 3.24. The quantitative estimate of drug-likeness (QED) is 0.814. The van der Waals surface area contributed by atoms with Crippen molar-refractivity contribution in [1.82, 2.24) is 14.7 Å². The lowest BCUT2D eigenvalue weighted by molar-refractivity contribution is 0.0610. The van der Waals surface area contributed by atoms with Gasteiger partial charge in [-0.05, 0) is 50.8 Å². The van der Waals surface area contributed by atoms with E-state index < -0.39 is 0 Å². The Kier molecular flexibility index (Phi) is 5.98. The average molecular weight is 371 g/mol. The zero-order valence-electron chi connectivity index (χ0n) is 16.8. The van der Waals surface area contributed by atoms with Crippen molar-refractivity contribution in [2.45, 2.75) is 25.7 Å². The third-order valence-corrected chi connectivity index (χ3v) is 6.50. The topological polar surface area (TPSA) is 30.0 Å². The SMILES string of the molecule is CN1CCN(CC2CCCN(C(=O)c3ccccc3N3CCCC3)C2)CC1. The summed E-state index contributed by atoms with van der Waals surface area (Å²) >= 11 is 0. The molecule has 3 saturated heterocycles. The molecule has 3 heterocycles. The minimum atomic E-state index is 0.237. The number of piperazine rings is 1. The monoisotopic (exact) mass is 370 g/mol. The second-order valence-electron chi connectivity index (χ2n) is 8.57. The van der Waals surface area contributed by atoms with E-state index in [4.69, 9.17) is 0 Å². The van der Waals surface area contributed by atoms with E-state index in [9.17, 15) is 4.79 Å². The molecule has 5 heteroatoms. The Hall–Kier alpha value is -1.59. The van der Waals surface area contributed by atoms with Crippen LogP contribution < -0.4 is 4.90 Å². The van der Waals surface area contributed by atoms with Gasteiger partial charge in [0.1, 0.15) is 0 Å². The van der Waals surface area contributed by atoms with Crippen LogP contribution in [0.25, 0.3) is 0 Å². The van der Waals surface area contributed by atoms with Crippen LogP contribution in [0.4, 0.5) is 5.69 Å². The molecule has 3 aliphatic heterocycles. The van der Waals surface area contributed by atoms with Gasteiger partial charge in [-0.2, -0.15) is 0 Å². The number of anilines is 1. The first-order chi connectivity index (χ1) is 13.2. The molecule has 27 heavy (non-hydrogen) atoms. The lowest BCUT2D eigenvalue weighted by atomic mass is 9.96. The lowest BCUT2D eigenvalue weighted by Crippen LogP contribution is -2.49. The van der Waals surface area contributed by atoms with Crippen molar-refractivity contribution in [2.24, 2.45) is 5.92 Å². The summed E-state index contributed by atoms with van der Waals surface area (Å²) in [4.78, 5) is 22.8. The van der Waals surface area contributed by atoms with Gasteiger partial charge < -0.3 is 19.6 Å². The number of likely N-dealkylation sites (N-methyl/N-ethyl adjacent to an activating group) is 1. The second kappa shape index (κ2) is 8.61. The molecule has 148 valence electrons. The Labute approximate surface area is 163 Å². The maximum atomic E-state index is 13.3. The van der Waals surface area contributed by atoms with Crippen molar-refractivity contribution in [3.8, 4) is 0 Å². The van der Waals surface area contributed by atoms with Crippen molar-refractivity contribution < 1.29 is 4.79 Å². The van der Waals surface area contributed by atoms with Crippen molar-refractivity contribution in [3.05, 3.63) is 29.8 Å². The summed E-state index contributed by atoms with van der Waals surface area (Å²) in [5.74, 6) is 0.852. The smallest absolute Gasteiger partial charge is 0.255 e. The molecule has 4 rings (SSSR count). The van der Waals surface area contributed by atoms with Crippen molar-refractivity contribution in [2.75, 3.05) is 70.9 Å². The van der Waals surface area contributed by atoms with Crippen LogP contribution in [-0.2, 0) is 0 Å². The third-order valence-electron chi connectivity index (χ3n) is 6.50. The fourth-order valence-electron chi connectivity index (χ4n) is 4.85. The van der Waals surface area contributed by atoms with E-state index in [-0.39, 0.29) is 5.91 Å². The molecular weight excluding hydrogens is 336 g/mol. The van der Waals surface area contributed by atoms with Gasteiger partial charge >= 0.3 is 0 Å². The first-order valence-electron chi connectivity index (χ1n) is 10.7. The first kappa shape index (κ1) is 18.8. The number of amides is 1. The zero-order valence-corrected chi connectivity index (χ0v) is 16.8. The van der Waals surface area contributed by atoms with E-state index in [0.717, 1.165) is 50.4 Å². The van der Waals surface area contributed by atoms with Gasteiger partial charge in [0.25, 0.3) is 5.91 Å². The van der Waals surface area contributed by atoms with Crippen molar-refractivity contribution in [1.29, 1.82) is 0 Å². The molecule has 0 spiro atoms. The molecule has 0 aliphatic carbocycles. The number of rotatable bonds is 4. The van der Waals surface area contributed by atoms with E-state index in [2.05, 4.69) is 38.8 Å². The molecule has 0 bridgehead atoms.